The van der Waals surface area contributed by atoms with Crippen LogP contribution >= 0.6 is 0 Å². The lowest BCUT2D eigenvalue weighted by Gasteiger charge is -2.44. The van der Waals surface area contributed by atoms with Crippen LogP contribution in [0.25, 0.3) is 0 Å². The van der Waals surface area contributed by atoms with Crippen molar-refractivity contribution in [1.82, 2.24) is 5.32 Å². The van der Waals surface area contributed by atoms with Gasteiger partial charge in [0.15, 0.2) is 0 Å². The number of carbonyl (C=O) groups is 1. The first-order valence-corrected chi connectivity index (χ1v) is 4.85. The molecule has 2 radical (unpaired) electrons. The van der Waals surface area contributed by atoms with E-state index in [1.807, 2.05) is 0 Å². The molecule has 1 heterocycles. The van der Waals surface area contributed by atoms with E-state index in [9.17, 15) is 4.79 Å². The van der Waals surface area contributed by atoms with Gasteiger partial charge in [0.1, 0.15) is 0 Å². The lowest BCUT2D eigenvalue weighted by molar-refractivity contribution is -0.142. The number of amides is 1. The molecule has 0 bridgehead atoms. The first-order chi connectivity index (χ1) is 6.23. The van der Waals surface area contributed by atoms with Gasteiger partial charge in [0, 0.05) is 12.6 Å². The van der Waals surface area contributed by atoms with Gasteiger partial charge in [-0.2, -0.15) is 0 Å². The second-order valence-electron chi connectivity index (χ2n) is 3.80. The number of hydrogen-bond donors (Lipinski definition) is 2. The van der Waals surface area contributed by atoms with Crippen LogP contribution in [-0.2, 0) is 4.79 Å². The molecule has 3 N–H and O–H groups in total. The summed E-state index contributed by atoms with van der Waals surface area (Å²) in [5, 5.41) is 2.80. The van der Waals surface area contributed by atoms with Crippen LogP contribution in [0.3, 0.4) is 0 Å². The Morgan fingerprint density at radius 1 is 1.46 bits per heavy atom. The Bertz CT molecular complexity index is 188. The Hall–Kier alpha value is -0.505. The average Bonchev–Trinajstić information content (AvgIpc) is 2.20. The van der Waals surface area contributed by atoms with Gasteiger partial charge in [-0.15, -0.1) is 0 Å². The normalized spacial score (nSPS) is 37.1. The van der Waals surface area contributed by atoms with Gasteiger partial charge in [-0.3, -0.25) is 4.79 Å². The molecule has 0 aromatic rings. The van der Waals surface area contributed by atoms with Crippen molar-refractivity contribution < 1.29 is 4.79 Å². The molecule has 0 atom stereocenters. The zero-order chi connectivity index (χ0) is 9.90. The Morgan fingerprint density at radius 2 is 2.00 bits per heavy atom. The lowest BCUT2D eigenvalue weighted by atomic mass is 9.68. The highest BCUT2D eigenvalue weighted by Crippen LogP contribution is 2.39. The first kappa shape index (κ1) is 10.6. The summed E-state index contributed by atoms with van der Waals surface area (Å²) in [4.78, 5) is 11.2. The van der Waals surface area contributed by atoms with Gasteiger partial charge in [0.05, 0.1) is 13.3 Å². The molecule has 1 saturated carbocycles. The van der Waals surface area contributed by atoms with E-state index in [2.05, 4.69) is 13.2 Å². The van der Waals surface area contributed by atoms with Crippen LogP contribution in [0.5, 0.6) is 0 Å². The van der Waals surface area contributed by atoms with E-state index in [0.717, 1.165) is 32.2 Å². The van der Waals surface area contributed by atoms with Crippen molar-refractivity contribution in [2.75, 3.05) is 6.54 Å². The van der Waals surface area contributed by atoms with Crippen LogP contribution in [0.4, 0.5) is 0 Å². The summed E-state index contributed by atoms with van der Waals surface area (Å²) in [6, 6.07) is 0.342. The molecule has 2 rings (SSSR count). The van der Waals surface area contributed by atoms with Gasteiger partial charge < -0.3 is 11.1 Å². The van der Waals surface area contributed by atoms with Crippen molar-refractivity contribution in [2.45, 2.75) is 38.5 Å². The summed E-state index contributed by atoms with van der Waals surface area (Å²) >= 11 is 0. The minimum absolute atomic E-state index is 0.00979. The molecule has 1 saturated heterocycles. The second-order valence-corrected chi connectivity index (χ2v) is 3.80. The van der Waals surface area contributed by atoms with E-state index in [1.54, 1.807) is 0 Å². The van der Waals surface area contributed by atoms with E-state index in [4.69, 9.17) is 5.73 Å². The summed E-state index contributed by atoms with van der Waals surface area (Å²) in [6.07, 6.45) is 4.04. The Kier molecular flexibility index (Phi) is 3.36. The summed E-state index contributed by atoms with van der Waals surface area (Å²) in [5.74, 6) is 0.254. The molecule has 4 heteroatoms. The highest BCUT2D eigenvalue weighted by Gasteiger charge is 2.47. The molecule has 1 amide bonds. The SMILES string of the molecule is NC1CCC2(CC1)CNC2=O.[B]C. The zero-order valence-electron chi connectivity index (χ0n) is 8.18. The first-order valence-electron chi connectivity index (χ1n) is 4.85. The fourth-order valence-corrected chi connectivity index (χ4v) is 2.01. The minimum Gasteiger partial charge on any atom is -0.354 e. The Balaban J connectivity index is 0.000000396. The van der Waals surface area contributed by atoms with Crippen LogP contribution in [0.2, 0.25) is 6.82 Å². The third kappa shape index (κ3) is 1.88. The van der Waals surface area contributed by atoms with Gasteiger partial charge in [-0.1, -0.05) is 6.82 Å². The smallest absolute Gasteiger partial charge is 0.228 e. The number of rotatable bonds is 0. The Morgan fingerprint density at radius 3 is 2.31 bits per heavy atom. The maximum Gasteiger partial charge on any atom is 0.228 e. The van der Waals surface area contributed by atoms with Crippen molar-refractivity contribution in [3.05, 3.63) is 0 Å². The van der Waals surface area contributed by atoms with Crippen molar-refractivity contribution in [3.8, 4) is 0 Å². The largest absolute Gasteiger partial charge is 0.354 e. The molecule has 1 spiro atoms. The molecule has 0 aromatic heterocycles. The molecule has 0 unspecified atom stereocenters. The predicted molar refractivity (Wildman–Crippen MR) is 53.5 cm³/mol. The molecule has 3 nitrogen and oxygen atoms in total. The van der Waals surface area contributed by atoms with Crippen LogP contribution in [0.1, 0.15) is 25.7 Å². The van der Waals surface area contributed by atoms with Crippen LogP contribution in [-0.4, -0.2) is 26.3 Å². The molecule has 2 aliphatic rings. The number of β-lactam (4-membered cyclic amide) rings is 1. The fraction of sp³-hybridized carbons (Fsp3) is 0.889. The summed E-state index contributed by atoms with van der Waals surface area (Å²) in [7, 11) is 4.50. The third-order valence-corrected chi connectivity index (χ3v) is 3.06. The van der Waals surface area contributed by atoms with Crippen LogP contribution in [0.15, 0.2) is 0 Å². The van der Waals surface area contributed by atoms with E-state index in [-0.39, 0.29) is 11.3 Å². The van der Waals surface area contributed by atoms with Gasteiger partial charge >= 0.3 is 0 Å². The monoisotopic (exact) mass is 180 g/mol. The summed E-state index contributed by atoms with van der Waals surface area (Å²) < 4.78 is 0. The fourth-order valence-electron chi connectivity index (χ4n) is 2.01. The second kappa shape index (κ2) is 4.14. The molecule has 2 fully saturated rings. The number of nitrogens with two attached hydrogens (primary N) is 1. The Labute approximate surface area is 80.9 Å². The van der Waals surface area contributed by atoms with Crippen molar-refractivity contribution in [1.29, 1.82) is 0 Å². The highest BCUT2D eigenvalue weighted by atomic mass is 16.2. The highest BCUT2D eigenvalue weighted by molar-refractivity contribution is 6.05. The molecular weight excluding hydrogens is 163 g/mol. The van der Waals surface area contributed by atoms with Crippen molar-refractivity contribution in [2.24, 2.45) is 11.1 Å². The lowest BCUT2D eigenvalue weighted by Crippen LogP contribution is -2.60. The van der Waals surface area contributed by atoms with E-state index in [0.29, 0.717) is 6.04 Å². The number of carbonyl (C=O) groups excluding carboxylic acids is 1. The van der Waals surface area contributed by atoms with Gasteiger partial charge in [-0.25, -0.2) is 0 Å². The summed E-state index contributed by atoms with van der Waals surface area (Å²) in [6.45, 7) is 2.39. The molecular formula is C9H17BN2O. The predicted octanol–water partition coefficient (Wildman–Crippen LogP) is 0.207. The van der Waals surface area contributed by atoms with Crippen LogP contribution < -0.4 is 11.1 Å². The van der Waals surface area contributed by atoms with E-state index >= 15 is 0 Å². The molecule has 13 heavy (non-hydrogen) atoms. The zero-order valence-corrected chi connectivity index (χ0v) is 8.18. The van der Waals surface area contributed by atoms with Gasteiger partial charge in [0.2, 0.25) is 5.91 Å². The van der Waals surface area contributed by atoms with E-state index < -0.39 is 0 Å². The minimum atomic E-state index is 0.00979. The van der Waals surface area contributed by atoms with Gasteiger partial charge in [-0.05, 0) is 25.7 Å². The third-order valence-electron chi connectivity index (χ3n) is 3.06. The van der Waals surface area contributed by atoms with Crippen molar-refractivity contribution in [3.63, 3.8) is 0 Å². The quantitative estimate of drug-likeness (QED) is 0.413. The standard InChI is InChI=1S/C8H14N2O.CH3B/c9-6-1-3-8(4-2-6)5-10-7(8)11;1-2/h6H,1-5,9H2,(H,10,11);1H3. The topological polar surface area (TPSA) is 55.1 Å². The van der Waals surface area contributed by atoms with E-state index in [1.165, 1.54) is 6.82 Å². The molecule has 72 valence electrons. The molecule has 0 aromatic carbocycles. The maximum absolute atomic E-state index is 11.2. The van der Waals surface area contributed by atoms with Crippen molar-refractivity contribution >= 4 is 13.8 Å². The number of nitrogens with one attached hydrogen (secondary N) is 1. The summed E-state index contributed by atoms with van der Waals surface area (Å²) in [5.41, 5.74) is 5.76. The average molecular weight is 180 g/mol. The van der Waals surface area contributed by atoms with Crippen LogP contribution in [0, 0.1) is 5.41 Å². The number of hydrogen-bond acceptors (Lipinski definition) is 2. The molecule has 1 aliphatic heterocycles. The van der Waals surface area contributed by atoms with Gasteiger partial charge in [0.25, 0.3) is 0 Å². The maximum atomic E-state index is 11.2. The molecule has 1 aliphatic carbocycles.